The highest BCUT2D eigenvalue weighted by Gasteiger charge is 2.10. The third kappa shape index (κ3) is 16.0. The van der Waals surface area contributed by atoms with Crippen molar-refractivity contribution in [2.75, 3.05) is 6.61 Å². The third-order valence-corrected chi connectivity index (χ3v) is 4.07. The van der Waals surface area contributed by atoms with Crippen LogP contribution in [0.1, 0.15) is 90.4 Å². The van der Waals surface area contributed by atoms with Gasteiger partial charge in [0.05, 0.1) is 18.8 Å². The number of allylic oxidation sites excluding steroid dienone is 2. The zero-order chi connectivity index (χ0) is 16.5. The summed E-state index contributed by atoms with van der Waals surface area (Å²) in [6.45, 7) is 1.92. The van der Waals surface area contributed by atoms with E-state index in [0.29, 0.717) is 6.42 Å². The second kappa shape index (κ2) is 17.0. The first kappa shape index (κ1) is 21.6. The maximum Gasteiger partial charge on any atom is 0.0795 e. The number of hydrogen-bond donors (Lipinski definition) is 3. The van der Waals surface area contributed by atoms with Crippen LogP contribution in [-0.4, -0.2) is 34.1 Å². The van der Waals surface area contributed by atoms with E-state index < -0.39 is 12.2 Å². The fourth-order valence-corrected chi connectivity index (χ4v) is 2.67. The lowest BCUT2D eigenvalue weighted by Crippen LogP contribution is -2.20. The van der Waals surface area contributed by atoms with Crippen molar-refractivity contribution in [3.63, 3.8) is 0 Å². The summed E-state index contributed by atoms with van der Waals surface area (Å²) in [7, 11) is 0. The highest BCUT2D eigenvalue weighted by molar-refractivity contribution is 4.79. The SMILES string of the molecule is CC/C=C/CCCCCCCCCCC[C@@H](O)C[C@@H](O)CO. The minimum atomic E-state index is -0.771. The topological polar surface area (TPSA) is 60.7 Å². The number of rotatable bonds is 16. The monoisotopic (exact) mass is 314 g/mol. The summed E-state index contributed by atoms with van der Waals surface area (Å²) in [5, 5.41) is 27.6. The van der Waals surface area contributed by atoms with Crippen molar-refractivity contribution in [2.24, 2.45) is 0 Å². The summed E-state index contributed by atoms with van der Waals surface area (Å²) in [5.41, 5.74) is 0. The van der Waals surface area contributed by atoms with Crippen LogP contribution in [0.3, 0.4) is 0 Å². The van der Waals surface area contributed by atoms with Gasteiger partial charge in [-0.1, -0.05) is 70.4 Å². The Kier molecular flexibility index (Phi) is 16.7. The quantitative estimate of drug-likeness (QED) is 0.293. The number of aliphatic hydroxyl groups is 3. The van der Waals surface area contributed by atoms with E-state index in [9.17, 15) is 10.2 Å². The molecule has 0 radical (unpaired) electrons. The average Bonchev–Trinajstić information content (AvgIpc) is 2.51. The third-order valence-electron chi connectivity index (χ3n) is 4.07. The summed E-state index contributed by atoms with van der Waals surface area (Å²) in [4.78, 5) is 0. The Hall–Kier alpha value is -0.380. The molecule has 3 nitrogen and oxygen atoms in total. The maximum absolute atomic E-state index is 9.65. The van der Waals surface area contributed by atoms with Crippen molar-refractivity contribution in [1.29, 1.82) is 0 Å². The van der Waals surface area contributed by atoms with Crippen LogP contribution in [0.4, 0.5) is 0 Å². The molecule has 0 amide bonds. The fraction of sp³-hybridized carbons (Fsp3) is 0.895. The van der Waals surface area contributed by atoms with E-state index in [0.717, 1.165) is 25.7 Å². The number of unbranched alkanes of at least 4 members (excludes halogenated alkanes) is 9. The molecule has 0 aliphatic carbocycles. The van der Waals surface area contributed by atoms with E-state index in [1.54, 1.807) is 0 Å². The standard InChI is InChI=1S/C19H38O3/c1-2-3-4-5-6-7-8-9-10-11-12-13-14-15-18(21)16-19(22)17-20/h3-4,18-22H,2,5-17H2,1H3/b4-3+/t18-,19-/m1/s1. The Balaban J connectivity index is 3.15. The molecule has 3 heteroatoms. The van der Waals surface area contributed by atoms with E-state index in [4.69, 9.17) is 5.11 Å². The van der Waals surface area contributed by atoms with Crippen LogP contribution in [0.5, 0.6) is 0 Å². The Morgan fingerprint density at radius 1 is 0.727 bits per heavy atom. The molecule has 0 aliphatic heterocycles. The van der Waals surface area contributed by atoms with Crippen molar-refractivity contribution >= 4 is 0 Å². The molecule has 0 aliphatic rings. The summed E-state index contributed by atoms with van der Waals surface area (Å²) >= 11 is 0. The molecular weight excluding hydrogens is 276 g/mol. The van der Waals surface area contributed by atoms with Crippen LogP contribution >= 0.6 is 0 Å². The van der Waals surface area contributed by atoms with E-state index >= 15 is 0 Å². The van der Waals surface area contributed by atoms with Crippen LogP contribution < -0.4 is 0 Å². The first-order valence-corrected chi connectivity index (χ1v) is 9.32. The van der Waals surface area contributed by atoms with E-state index in [-0.39, 0.29) is 6.61 Å². The summed E-state index contributed by atoms with van der Waals surface area (Å²) in [6, 6.07) is 0. The molecule has 0 rings (SSSR count). The van der Waals surface area contributed by atoms with Gasteiger partial charge in [-0.25, -0.2) is 0 Å². The van der Waals surface area contributed by atoms with Crippen molar-refractivity contribution in [3.8, 4) is 0 Å². The molecule has 0 heterocycles. The highest BCUT2D eigenvalue weighted by atomic mass is 16.3. The summed E-state index contributed by atoms with van der Waals surface area (Å²) in [6.07, 6.45) is 18.2. The molecule has 0 spiro atoms. The largest absolute Gasteiger partial charge is 0.394 e. The Labute approximate surface area is 137 Å². The van der Waals surface area contributed by atoms with Gasteiger partial charge in [0.1, 0.15) is 0 Å². The highest BCUT2D eigenvalue weighted by Crippen LogP contribution is 2.13. The molecule has 0 bridgehead atoms. The predicted octanol–water partition coefficient (Wildman–Crippen LogP) is 4.35. The van der Waals surface area contributed by atoms with Gasteiger partial charge in [0.2, 0.25) is 0 Å². The number of hydrogen-bond acceptors (Lipinski definition) is 3. The molecule has 0 unspecified atom stereocenters. The van der Waals surface area contributed by atoms with Crippen LogP contribution in [0.15, 0.2) is 12.2 Å². The molecule has 0 saturated heterocycles. The van der Waals surface area contributed by atoms with Gasteiger partial charge in [-0.05, 0) is 25.7 Å². The van der Waals surface area contributed by atoms with E-state index in [1.165, 1.54) is 51.4 Å². The van der Waals surface area contributed by atoms with Gasteiger partial charge in [-0.2, -0.15) is 0 Å². The second-order valence-corrected chi connectivity index (χ2v) is 6.36. The molecule has 0 fully saturated rings. The van der Waals surface area contributed by atoms with Gasteiger partial charge in [-0.3, -0.25) is 0 Å². The van der Waals surface area contributed by atoms with Crippen molar-refractivity contribution in [1.82, 2.24) is 0 Å². The van der Waals surface area contributed by atoms with Gasteiger partial charge in [0.15, 0.2) is 0 Å². The van der Waals surface area contributed by atoms with Gasteiger partial charge in [0, 0.05) is 6.42 Å². The zero-order valence-electron chi connectivity index (χ0n) is 14.6. The minimum absolute atomic E-state index is 0.258. The molecule has 3 N–H and O–H groups in total. The average molecular weight is 315 g/mol. The smallest absolute Gasteiger partial charge is 0.0795 e. The van der Waals surface area contributed by atoms with E-state index in [1.807, 2.05) is 0 Å². The molecule has 0 aromatic heterocycles. The molecule has 0 aromatic rings. The second-order valence-electron chi connectivity index (χ2n) is 6.36. The molecular formula is C19H38O3. The maximum atomic E-state index is 9.65. The van der Waals surface area contributed by atoms with Crippen molar-refractivity contribution in [2.45, 2.75) is 103 Å². The van der Waals surface area contributed by atoms with Gasteiger partial charge >= 0.3 is 0 Å². The normalized spacial score (nSPS) is 14.5. The Bertz CT molecular complexity index is 241. The van der Waals surface area contributed by atoms with E-state index in [2.05, 4.69) is 19.1 Å². The fourth-order valence-electron chi connectivity index (χ4n) is 2.67. The Morgan fingerprint density at radius 3 is 1.82 bits per heavy atom. The van der Waals surface area contributed by atoms with Crippen molar-refractivity contribution in [3.05, 3.63) is 12.2 Å². The zero-order valence-corrected chi connectivity index (χ0v) is 14.6. The van der Waals surface area contributed by atoms with Crippen LogP contribution in [-0.2, 0) is 0 Å². The first-order valence-electron chi connectivity index (χ1n) is 9.32. The lowest BCUT2D eigenvalue weighted by molar-refractivity contribution is 0.0380. The molecule has 2 atom stereocenters. The molecule has 22 heavy (non-hydrogen) atoms. The Morgan fingerprint density at radius 2 is 1.27 bits per heavy atom. The minimum Gasteiger partial charge on any atom is -0.394 e. The predicted molar refractivity (Wildman–Crippen MR) is 93.9 cm³/mol. The first-order chi connectivity index (χ1) is 10.7. The number of aliphatic hydroxyl groups excluding tert-OH is 3. The molecule has 0 saturated carbocycles. The molecule has 0 aromatic carbocycles. The molecule has 132 valence electrons. The summed E-state index contributed by atoms with van der Waals surface area (Å²) in [5.74, 6) is 0. The van der Waals surface area contributed by atoms with Crippen molar-refractivity contribution < 1.29 is 15.3 Å². The lowest BCUT2D eigenvalue weighted by atomic mass is 10.0. The lowest BCUT2D eigenvalue weighted by Gasteiger charge is -2.13. The van der Waals surface area contributed by atoms with Gasteiger partial charge in [0.25, 0.3) is 0 Å². The summed E-state index contributed by atoms with van der Waals surface area (Å²) < 4.78 is 0. The van der Waals surface area contributed by atoms with Crippen LogP contribution in [0, 0.1) is 0 Å². The van der Waals surface area contributed by atoms with Crippen LogP contribution in [0.2, 0.25) is 0 Å². The van der Waals surface area contributed by atoms with Gasteiger partial charge in [-0.15, -0.1) is 0 Å². The van der Waals surface area contributed by atoms with Crippen LogP contribution in [0.25, 0.3) is 0 Å². The van der Waals surface area contributed by atoms with Gasteiger partial charge < -0.3 is 15.3 Å².